The summed E-state index contributed by atoms with van der Waals surface area (Å²) in [6.45, 7) is 2.95. The predicted octanol–water partition coefficient (Wildman–Crippen LogP) is 0.731. The number of anilines is 1. The van der Waals surface area contributed by atoms with Crippen LogP contribution in [-0.2, 0) is 11.8 Å². The van der Waals surface area contributed by atoms with Gasteiger partial charge in [0.1, 0.15) is 17.9 Å². The van der Waals surface area contributed by atoms with Gasteiger partial charge in [-0.3, -0.25) is 24.3 Å². The molecule has 0 radical (unpaired) electrons. The number of amides is 1. The van der Waals surface area contributed by atoms with Crippen LogP contribution in [0.4, 0.5) is 11.4 Å². The lowest BCUT2D eigenvalue weighted by Crippen LogP contribution is -2.25. The number of hydrogen-bond acceptors (Lipinski definition) is 6. The van der Waals surface area contributed by atoms with Crippen molar-refractivity contribution in [1.29, 1.82) is 0 Å². The fourth-order valence-corrected chi connectivity index (χ4v) is 1.99. The fraction of sp³-hybridized carbons (Fsp3) is 0.333. The number of carboxylic acids is 1. The van der Waals surface area contributed by atoms with Crippen molar-refractivity contribution in [1.82, 2.24) is 19.6 Å². The summed E-state index contributed by atoms with van der Waals surface area (Å²) in [6, 6.07) is -0.871. The molecule has 0 saturated heterocycles. The zero-order chi connectivity index (χ0) is 17.3. The molecule has 2 N–H and O–H groups in total. The maximum absolute atomic E-state index is 12.2. The average molecular weight is 322 g/mol. The summed E-state index contributed by atoms with van der Waals surface area (Å²) in [5, 5.41) is 30.1. The Bertz CT molecular complexity index is 792. The number of nitrogens with one attached hydrogen (secondary N) is 1. The molecule has 0 bridgehead atoms. The molecule has 11 heteroatoms. The molecule has 0 aliphatic heterocycles. The smallest absolute Gasteiger partial charge is 0.356 e. The van der Waals surface area contributed by atoms with E-state index in [0.717, 1.165) is 15.6 Å². The highest BCUT2D eigenvalue weighted by molar-refractivity contribution is 6.00. The number of carbonyl (C=O) groups is 2. The van der Waals surface area contributed by atoms with Gasteiger partial charge >= 0.3 is 11.7 Å². The van der Waals surface area contributed by atoms with E-state index < -0.39 is 22.8 Å². The number of carbonyl (C=O) groups excluding carboxylic acids is 1. The maximum atomic E-state index is 12.2. The zero-order valence-electron chi connectivity index (χ0n) is 12.5. The molecule has 1 atom stereocenters. The van der Waals surface area contributed by atoms with Gasteiger partial charge in [0.05, 0.1) is 16.8 Å². The molecule has 2 heterocycles. The summed E-state index contributed by atoms with van der Waals surface area (Å²) in [6.07, 6.45) is 2.37. The Balaban J connectivity index is 2.23. The summed E-state index contributed by atoms with van der Waals surface area (Å²) in [7, 11) is 1.43. The standard InChI is InChI=1S/C12H14N6O5/c1-6-9(18(22)23)5-17(15-6)7(2)11(19)14-8-4-13-16(3)10(8)12(20)21/h4-5,7H,1-3H3,(H,14,19)(H,20,21). The van der Waals surface area contributed by atoms with Crippen LogP contribution in [-0.4, -0.2) is 41.5 Å². The average Bonchev–Trinajstić information content (AvgIpc) is 3.01. The third-order valence-electron chi connectivity index (χ3n) is 3.26. The second kappa shape index (κ2) is 5.87. The number of aromatic carboxylic acids is 1. The van der Waals surface area contributed by atoms with E-state index in [2.05, 4.69) is 15.5 Å². The predicted molar refractivity (Wildman–Crippen MR) is 77.1 cm³/mol. The SMILES string of the molecule is Cc1nn(C(C)C(=O)Nc2cnn(C)c2C(=O)O)cc1[N+](=O)[O-]. The van der Waals surface area contributed by atoms with E-state index >= 15 is 0 Å². The van der Waals surface area contributed by atoms with Crippen molar-refractivity contribution in [2.24, 2.45) is 7.05 Å². The van der Waals surface area contributed by atoms with Gasteiger partial charge in [-0.15, -0.1) is 0 Å². The summed E-state index contributed by atoms with van der Waals surface area (Å²) in [5.74, 6) is -1.81. The van der Waals surface area contributed by atoms with E-state index in [0.29, 0.717) is 0 Å². The molecule has 0 aliphatic rings. The molecule has 2 aromatic heterocycles. The van der Waals surface area contributed by atoms with Gasteiger partial charge in [0.25, 0.3) is 0 Å². The Labute approximate surface area is 129 Å². The fourth-order valence-electron chi connectivity index (χ4n) is 1.99. The van der Waals surface area contributed by atoms with Gasteiger partial charge in [0.15, 0.2) is 5.69 Å². The lowest BCUT2D eigenvalue weighted by atomic mass is 10.3. The molecule has 122 valence electrons. The molecule has 0 spiro atoms. The van der Waals surface area contributed by atoms with Crippen LogP contribution in [0.3, 0.4) is 0 Å². The number of aryl methyl sites for hydroxylation is 2. The van der Waals surface area contributed by atoms with E-state index in [1.165, 1.54) is 27.1 Å². The Morgan fingerprint density at radius 1 is 1.48 bits per heavy atom. The minimum atomic E-state index is -1.24. The molecule has 2 aromatic rings. The number of aromatic nitrogens is 4. The Morgan fingerprint density at radius 3 is 2.65 bits per heavy atom. The van der Waals surface area contributed by atoms with Gasteiger partial charge in [-0.25, -0.2) is 4.79 Å². The van der Waals surface area contributed by atoms with Gasteiger partial charge in [0, 0.05) is 7.05 Å². The second-order valence-corrected chi connectivity index (χ2v) is 4.84. The minimum absolute atomic E-state index is 0.0372. The third-order valence-corrected chi connectivity index (χ3v) is 3.26. The molecule has 0 fully saturated rings. The van der Waals surface area contributed by atoms with Crippen molar-refractivity contribution >= 4 is 23.3 Å². The van der Waals surface area contributed by atoms with Crippen molar-refractivity contribution in [2.75, 3.05) is 5.32 Å². The van der Waals surface area contributed by atoms with E-state index in [9.17, 15) is 19.7 Å². The lowest BCUT2D eigenvalue weighted by Gasteiger charge is -2.11. The molecule has 0 saturated carbocycles. The van der Waals surface area contributed by atoms with Crippen LogP contribution in [0, 0.1) is 17.0 Å². The molecular formula is C12H14N6O5. The number of nitro groups is 1. The molecule has 1 unspecified atom stereocenters. The number of rotatable bonds is 5. The lowest BCUT2D eigenvalue weighted by molar-refractivity contribution is -0.385. The van der Waals surface area contributed by atoms with Crippen LogP contribution in [0.2, 0.25) is 0 Å². The van der Waals surface area contributed by atoms with Crippen molar-refractivity contribution in [3.63, 3.8) is 0 Å². The van der Waals surface area contributed by atoms with Gasteiger partial charge in [-0.05, 0) is 13.8 Å². The third kappa shape index (κ3) is 3.02. The monoisotopic (exact) mass is 322 g/mol. The highest BCUT2D eigenvalue weighted by Gasteiger charge is 2.24. The summed E-state index contributed by atoms with van der Waals surface area (Å²) < 4.78 is 2.27. The first-order valence-corrected chi connectivity index (χ1v) is 6.48. The van der Waals surface area contributed by atoms with Crippen LogP contribution in [0.15, 0.2) is 12.4 Å². The molecule has 0 aliphatic carbocycles. The normalized spacial score (nSPS) is 12.0. The summed E-state index contributed by atoms with van der Waals surface area (Å²) in [5.41, 5.74) is -0.150. The Hall–Kier alpha value is -3.24. The van der Waals surface area contributed by atoms with E-state index in [-0.39, 0.29) is 22.8 Å². The summed E-state index contributed by atoms with van der Waals surface area (Å²) >= 11 is 0. The van der Waals surface area contributed by atoms with Gasteiger partial charge < -0.3 is 10.4 Å². The van der Waals surface area contributed by atoms with Crippen LogP contribution >= 0.6 is 0 Å². The van der Waals surface area contributed by atoms with Crippen LogP contribution in [0.5, 0.6) is 0 Å². The second-order valence-electron chi connectivity index (χ2n) is 4.84. The first-order chi connectivity index (χ1) is 10.7. The van der Waals surface area contributed by atoms with Gasteiger partial charge in [0.2, 0.25) is 5.91 Å². The van der Waals surface area contributed by atoms with Crippen molar-refractivity contribution in [3.8, 4) is 0 Å². The van der Waals surface area contributed by atoms with Crippen molar-refractivity contribution in [3.05, 3.63) is 33.9 Å². The molecule has 0 aromatic carbocycles. The number of carboxylic acid groups (broad SMARTS) is 1. The highest BCUT2D eigenvalue weighted by atomic mass is 16.6. The Kier molecular flexibility index (Phi) is 4.12. The van der Waals surface area contributed by atoms with Crippen molar-refractivity contribution < 1.29 is 19.6 Å². The van der Waals surface area contributed by atoms with E-state index in [4.69, 9.17) is 5.11 Å². The molecular weight excluding hydrogens is 308 g/mol. The topological polar surface area (TPSA) is 145 Å². The molecule has 1 amide bonds. The van der Waals surface area contributed by atoms with E-state index in [1.54, 1.807) is 0 Å². The largest absolute Gasteiger partial charge is 0.476 e. The molecule has 2 rings (SSSR count). The van der Waals surface area contributed by atoms with Crippen LogP contribution in [0.25, 0.3) is 0 Å². The first kappa shape index (κ1) is 16.1. The number of hydrogen-bond donors (Lipinski definition) is 2. The van der Waals surface area contributed by atoms with Gasteiger partial charge in [-0.2, -0.15) is 10.2 Å². The zero-order valence-corrected chi connectivity index (χ0v) is 12.5. The number of nitrogens with zero attached hydrogens (tertiary/aromatic N) is 5. The van der Waals surface area contributed by atoms with Crippen LogP contribution < -0.4 is 5.32 Å². The van der Waals surface area contributed by atoms with Crippen LogP contribution in [0.1, 0.15) is 29.1 Å². The Morgan fingerprint density at radius 2 is 2.13 bits per heavy atom. The molecule has 11 nitrogen and oxygen atoms in total. The first-order valence-electron chi connectivity index (χ1n) is 6.48. The highest BCUT2D eigenvalue weighted by Crippen LogP contribution is 2.20. The minimum Gasteiger partial charge on any atom is -0.476 e. The maximum Gasteiger partial charge on any atom is 0.356 e. The summed E-state index contributed by atoms with van der Waals surface area (Å²) in [4.78, 5) is 33.6. The quantitative estimate of drug-likeness (QED) is 0.609. The molecule has 23 heavy (non-hydrogen) atoms. The van der Waals surface area contributed by atoms with Crippen molar-refractivity contribution in [2.45, 2.75) is 19.9 Å². The van der Waals surface area contributed by atoms with Gasteiger partial charge in [-0.1, -0.05) is 0 Å². The van der Waals surface area contributed by atoms with E-state index in [1.807, 2.05) is 0 Å².